The fourth-order valence-electron chi connectivity index (χ4n) is 2.41. The Labute approximate surface area is 111 Å². The Balaban J connectivity index is 1.95. The number of imidazole rings is 1. The summed E-state index contributed by atoms with van der Waals surface area (Å²) in [4.78, 5) is 18.9. The number of amides is 1. The maximum atomic E-state index is 13.5. The van der Waals surface area contributed by atoms with E-state index in [4.69, 9.17) is 0 Å². The third-order valence-corrected chi connectivity index (χ3v) is 3.91. The zero-order valence-electron chi connectivity index (χ0n) is 11.2. The number of hydrogen-bond donors (Lipinski definition) is 2. The molecular formula is C13H19F2N3O. The average molecular weight is 271 g/mol. The van der Waals surface area contributed by atoms with Gasteiger partial charge in [0.2, 0.25) is 5.91 Å². The first-order valence-corrected chi connectivity index (χ1v) is 6.49. The number of carbonyl (C=O) groups excluding carboxylic acids is 1. The molecule has 1 fully saturated rings. The molecule has 0 saturated heterocycles. The second-order valence-electron chi connectivity index (χ2n) is 5.65. The molecule has 1 saturated carbocycles. The van der Waals surface area contributed by atoms with Gasteiger partial charge in [-0.15, -0.1) is 0 Å². The lowest BCUT2D eigenvalue weighted by atomic mass is 9.88. The zero-order valence-corrected chi connectivity index (χ0v) is 11.2. The second kappa shape index (κ2) is 4.90. The van der Waals surface area contributed by atoms with Crippen LogP contribution in [0.1, 0.15) is 38.8 Å². The van der Waals surface area contributed by atoms with E-state index in [1.807, 2.05) is 0 Å². The van der Waals surface area contributed by atoms with Gasteiger partial charge < -0.3 is 10.3 Å². The van der Waals surface area contributed by atoms with Gasteiger partial charge in [-0.25, -0.2) is 13.8 Å². The molecule has 1 unspecified atom stereocenters. The Morgan fingerprint density at radius 2 is 2.37 bits per heavy atom. The SMILES string of the molecule is CC(C)(C(=O)NCC1CCCC1(F)F)c1cnc[nH]1. The van der Waals surface area contributed by atoms with Gasteiger partial charge >= 0.3 is 0 Å². The molecule has 1 amide bonds. The highest BCUT2D eigenvalue weighted by atomic mass is 19.3. The van der Waals surface area contributed by atoms with Crippen LogP contribution in [0.25, 0.3) is 0 Å². The maximum absolute atomic E-state index is 13.5. The Bertz CT molecular complexity index is 443. The molecular weight excluding hydrogens is 252 g/mol. The molecule has 1 aliphatic rings. The lowest BCUT2D eigenvalue weighted by Crippen LogP contribution is -2.44. The minimum atomic E-state index is -2.65. The molecule has 0 spiro atoms. The highest BCUT2D eigenvalue weighted by molar-refractivity contribution is 5.86. The number of nitrogens with one attached hydrogen (secondary N) is 2. The van der Waals surface area contributed by atoms with Gasteiger partial charge in [0.05, 0.1) is 11.7 Å². The minimum Gasteiger partial charge on any atom is -0.355 e. The van der Waals surface area contributed by atoms with Crippen molar-refractivity contribution in [3.05, 3.63) is 18.2 Å². The molecule has 1 aromatic rings. The van der Waals surface area contributed by atoms with E-state index in [0.29, 0.717) is 18.5 Å². The molecule has 6 heteroatoms. The van der Waals surface area contributed by atoms with E-state index in [0.717, 1.165) is 0 Å². The van der Waals surface area contributed by atoms with Crippen molar-refractivity contribution in [3.8, 4) is 0 Å². The number of carbonyl (C=O) groups is 1. The summed E-state index contributed by atoms with van der Waals surface area (Å²) >= 11 is 0. The summed E-state index contributed by atoms with van der Waals surface area (Å²) in [5.74, 6) is -3.65. The first-order valence-electron chi connectivity index (χ1n) is 6.49. The van der Waals surface area contributed by atoms with Crippen molar-refractivity contribution in [2.45, 2.75) is 44.4 Å². The van der Waals surface area contributed by atoms with Crippen LogP contribution in [0.5, 0.6) is 0 Å². The number of H-pyrrole nitrogens is 1. The summed E-state index contributed by atoms with van der Waals surface area (Å²) in [5, 5.41) is 2.64. The predicted molar refractivity (Wildman–Crippen MR) is 66.9 cm³/mol. The molecule has 2 rings (SSSR count). The number of alkyl halides is 2. The van der Waals surface area contributed by atoms with Crippen LogP contribution in [0.15, 0.2) is 12.5 Å². The van der Waals surface area contributed by atoms with Crippen molar-refractivity contribution in [1.82, 2.24) is 15.3 Å². The summed E-state index contributed by atoms with van der Waals surface area (Å²) in [7, 11) is 0. The van der Waals surface area contributed by atoms with Gasteiger partial charge in [-0.3, -0.25) is 4.79 Å². The van der Waals surface area contributed by atoms with Gasteiger partial charge in [-0.05, 0) is 26.7 Å². The molecule has 0 aromatic carbocycles. The summed E-state index contributed by atoms with van der Waals surface area (Å²) in [6, 6.07) is 0. The highest BCUT2D eigenvalue weighted by Gasteiger charge is 2.44. The average Bonchev–Trinajstić information content (AvgIpc) is 2.95. The fraction of sp³-hybridized carbons (Fsp3) is 0.692. The van der Waals surface area contributed by atoms with Crippen LogP contribution >= 0.6 is 0 Å². The molecule has 0 radical (unpaired) electrons. The van der Waals surface area contributed by atoms with E-state index >= 15 is 0 Å². The van der Waals surface area contributed by atoms with E-state index < -0.39 is 17.3 Å². The molecule has 1 heterocycles. The van der Waals surface area contributed by atoms with E-state index in [9.17, 15) is 13.6 Å². The molecule has 1 aliphatic carbocycles. The molecule has 0 bridgehead atoms. The number of halogens is 2. The predicted octanol–water partition coefficient (Wildman–Crippen LogP) is 2.24. The Morgan fingerprint density at radius 3 is 2.89 bits per heavy atom. The number of hydrogen-bond acceptors (Lipinski definition) is 2. The standard InChI is InChI=1S/C13H19F2N3O/c1-12(2,10-7-16-8-18-10)11(19)17-6-9-4-3-5-13(9,14)15/h7-9H,3-6H2,1-2H3,(H,16,18)(H,17,19). The van der Waals surface area contributed by atoms with Crippen molar-refractivity contribution < 1.29 is 13.6 Å². The molecule has 2 N–H and O–H groups in total. The number of rotatable bonds is 4. The van der Waals surface area contributed by atoms with E-state index in [1.54, 1.807) is 20.0 Å². The number of aromatic amines is 1. The zero-order chi connectivity index (χ0) is 14.1. The Hall–Kier alpha value is -1.46. The Morgan fingerprint density at radius 1 is 1.63 bits per heavy atom. The third-order valence-electron chi connectivity index (χ3n) is 3.91. The highest BCUT2D eigenvalue weighted by Crippen LogP contribution is 2.39. The van der Waals surface area contributed by atoms with Crippen LogP contribution in [0, 0.1) is 5.92 Å². The first-order chi connectivity index (χ1) is 8.84. The summed E-state index contributed by atoms with van der Waals surface area (Å²) in [6.45, 7) is 3.51. The summed E-state index contributed by atoms with van der Waals surface area (Å²) in [5.41, 5.74) is -0.132. The van der Waals surface area contributed by atoms with Gasteiger partial charge in [-0.1, -0.05) is 0 Å². The molecule has 1 aromatic heterocycles. The Kier molecular flexibility index (Phi) is 3.60. The van der Waals surface area contributed by atoms with Gasteiger partial charge in [-0.2, -0.15) is 0 Å². The maximum Gasteiger partial charge on any atom is 0.252 e. The quantitative estimate of drug-likeness (QED) is 0.882. The van der Waals surface area contributed by atoms with E-state index in [-0.39, 0.29) is 18.9 Å². The molecule has 19 heavy (non-hydrogen) atoms. The van der Waals surface area contributed by atoms with E-state index in [2.05, 4.69) is 15.3 Å². The van der Waals surface area contributed by atoms with Crippen LogP contribution in [0.4, 0.5) is 8.78 Å². The topological polar surface area (TPSA) is 57.8 Å². The fourth-order valence-corrected chi connectivity index (χ4v) is 2.41. The summed E-state index contributed by atoms with van der Waals surface area (Å²) in [6.07, 6.45) is 3.99. The van der Waals surface area contributed by atoms with Crippen molar-refractivity contribution in [3.63, 3.8) is 0 Å². The minimum absolute atomic E-state index is 0.0312. The second-order valence-corrected chi connectivity index (χ2v) is 5.65. The van der Waals surface area contributed by atoms with Gasteiger partial charge in [0.25, 0.3) is 5.92 Å². The van der Waals surface area contributed by atoms with Crippen LogP contribution in [-0.4, -0.2) is 28.3 Å². The normalized spacial score (nSPS) is 22.4. The van der Waals surface area contributed by atoms with Crippen molar-refractivity contribution in [1.29, 1.82) is 0 Å². The number of aromatic nitrogens is 2. The molecule has 4 nitrogen and oxygen atoms in total. The van der Waals surface area contributed by atoms with Crippen molar-refractivity contribution in [2.24, 2.45) is 5.92 Å². The van der Waals surface area contributed by atoms with Crippen molar-refractivity contribution >= 4 is 5.91 Å². The van der Waals surface area contributed by atoms with Gasteiger partial charge in [0.15, 0.2) is 0 Å². The van der Waals surface area contributed by atoms with Crippen LogP contribution in [0.2, 0.25) is 0 Å². The number of nitrogens with zero attached hydrogens (tertiary/aromatic N) is 1. The molecule has 1 atom stereocenters. The van der Waals surface area contributed by atoms with Crippen LogP contribution < -0.4 is 5.32 Å². The lowest BCUT2D eigenvalue weighted by Gasteiger charge is -2.25. The van der Waals surface area contributed by atoms with E-state index in [1.165, 1.54) is 6.33 Å². The van der Waals surface area contributed by atoms with Crippen molar-refractivity contribution in [2.75, 3.05) is 6.54 Å². The largest absolute Gasteiger partial charge is 0.355 e. The molecule has 106 valence electrons. The summed E-state index contributed by atoms with van der Waals surface area (Å²) < 4.78 is 26.9. The van der Waals surface area contributed by atoms with Gasteiger partial charge in [0.1, 0.15) is 0 Å². The smallest absolute Gasteiger partial charge is 0.252 e. The first kappa shape index (κ1) is 14.0. The van der Waals surface area contributed by atoms with Crippen LogP contribution in [-0.2, 0) is 10.2 Å². The van der Waals surface area contributed by atoms with Gasteiger partial charge in [0, 0.05) is 30.8 Å². The lowest BCUT2D eigenvalue weighted by molar-refractivity contribution is -0.126. The monoisotopic (exact) mass is 271 g/mol. The molecule has 0 aliphatic heterocycles. The van der Waals surface area contributed by atoms with Crippen LogP contribution in [0.3, 0.4) is 0 Å². The third kappa shape index (κ3) is 2.77.